The van der Waals surface area contributed by atoms with Crippen molar-refractivity contribution < 1.29 is 9.78 Å². The Morgan fingerprint density at radius 1 is 1.40 bits per heavy atom. The first-order valence-corrected chi connectivity index (χ1v) is 6.36. The molecule has 1 aliphatic rings. The van der Waals surface area contributed by atoms with Gasteiger partial charge >= 0.3 is 0 Å². The van der Waals surface area contributed by atoms with Crippen LogP contribution in [0.5, 0.6) is 0 Å². The fraction of sp³-hybridized carbons (Fsp3) is 0.667. The molecular formula is C12H19IO2. The fourth-order valence-corrected chi connectivity index (χ4v) is 2.01. The largest absolute Gasteiger partial charge is 0.230 e. The van der Waals surface area contributed by atoms with Crippen molar-refractivity contribution in [2.75, 3.05) is 0 Å². The summed E-state index contributed by atoms with van der Waals surface area (Å²) < 4.78 is 0.294. The Bertz CT molecular complexity index is 288. The minimum absolute atomic E-state index is 0.274. The van der Waals surface area contributed by atoms with E-state index in [0.717, 1.165) is 0 Å². The van der Waals surface area contributed by atoms with Crippen LogP contribution in [0.3, 0.4) is 0 Å². The minimum Gasteiger partial charge on any atom is -0.230 e. The van der Waals surface area contributed by atoms with Gasteiger partial charge in [-0.2, -0.15) is 0 Å². The third kappa shape index (κ3) is 3.89. The summed E-state index contributed by atoms with van der Waals surface area (Å²) in [4.78, 5) is 10.9. The van der Waals surface area contributed by atoms with E-state index in [-0.39, 0.29) is 11.2 Å². The number of hydrogen-bond acceptors (Lipinski definition) is 2. The zero-order valence-corrected chi connectivity index (χ0v) is 12.2. The average Bonchev–Trinajstić information content (AvgIpc) is 2.08. The highest BCUT2D eigenvalue weighted by atomic mass is 127. The Kier molecular flexibility index (Phi) is 4.01. The fourth-order valence-electron chi connectivity index (χ4n) is 1.13. The minimum atomic E-state index is -0.368. The van der Waals surface area contributed by atoms with Gasteiger partial charge in [-0.05, 0) is 40.7 Å². The van der Waals surface area contributed by atoms with Crippen molar-refractivity contribution in [3.8, 4) is 0 Å². The number of allylic oxidation sites excluding steroid dienone is 2. The van der Waals surface area contributed by atoms with Crippen LogP contribution in [-0.2, 0) is 9.78 Å². The van der Waals surface area contributed by atoms with Crippen molar-refractivity contribution in [2.45, 2.75) is 49.7 Å². The summed E-state index contributed by atoms with van der Waals surface area (Å²) in [7, 11) is 0. The maximum Gasteiger partial charge on any atom is 0.134 e. The van der Waals surface area contributed by atoms with Gasteiger partial charge in [0, 0.05) is 0 Å². The Balaban J connectivity index is 2.65. The van der Waals surface area contributed by atoms with Crippen molar-refractivity contribution in [2.24, 2.45) is 0 Å². The van der Waals surface area contributed by atoms with Crippen LogP contribution in [0.4, 0.5) is 0 Å². The molecular weight excluding hydrogens is 303 g/mol. The van der Waals surface area contributed by atoms with Crippen LogP contribution in [0.15, 0.2) is 23.8 Å². The average molecular weight is 322 g/mol. The summed E-state index contributed by atoms with van der Waals surface area (Å²) >= 11 is 2.37. The first kappa shape index (κ1) is 13.2. The standard InChI is InChI=1S/C12H19IO2/c1-9-6-7-12(5,10(13)8-9)15-14-11(2,3)4/h6-8,10H,1-5H3. The van der Waals surface area contributed by atoms with E-state index in [1.165, 1.54) is 5.57 Å². The molecule has 1 aliphatic carbocycles. The maximum absolute atomic E-state index is 5.56. The van der Waals surface area contributed by atoms with Gasteiger partial charge in [0.15, 0.2) is 0 Å². The van der Waals surface area contributed by atoms with Crippen LogP contribution in [0.2, 0.25) is 0 Å². The molecule has 0 saturated carbocycles. The van der Waals surface area contributed by atoms with Gasteiger partial charge in [-0.3, -0.25) is 0 Å². The Labute approximate surface area is 106 Å². The lowest BCUT2D eigenvalue weighted by Crippen LogP contribution is -2.39. The van der Waals surface area contributed by atoms with E-state index in [9.17, 15) is 0 Å². The van der Waals surface area contributed by atoms with Gasteiger partial charge in [-0.25, -0.2) is 9.78 Å². The van der Waals surface area contributed by atoms with Crippen molar-refractivity contribution in [3.05, 3.63) is 23.8 Å². The molecule has 2 nitrogen and oxygen atoms in total. The van der Waals surface area contributed by atoms with Crippen molar-refractivity contribution in [1.82, 2.24) is 0 Å². The van der Waals surface area contributed by atoms with E-state index in [0.29, 0.717) is 3.92 Å². The quantitative estimate of drug-likeness (QED) is 0.333. The lowest BCUT2D eigenvalue weighted by molar-refractivity contribution is -0.387. The topological polar surface area (TPSA) is 18.5 Å². The summed E-state index contributed by atoms with van der Waals surface area (Å²) in [6, 6.07) is 0. The number of hydrogen-bond donors (Lipinski definition) is 0. The summed E-state index contributed by atoms with van der Waals surface area (Å²) in [5.74, 6) is 0. The van der Waals surface area contributed by atoms with Gasteiger partial charge in [-0.15, -0.1) is 0 Å². The lowest BCUT2D eigenvalue weighted by Gasteiger charge is -2.33. The predicted octanol–water partition coefficient (Wildman–Crippen LogP) is 3.81. The Morgan fingerprint density at radius 2 is 2.00 bits per heavy atom. The van der Waals surface area contributed by atoms with E-state index < -0.39 is 0 Å². The highest BCUT2D eigenvalue weighted by Gasteiger charge is 2.34. The zero-order chi connectivity index (χ0) is 11.7. The lowest BCUT2D eigenvalue weighted by atomic mass is 9.95. The molecule has 3 heteroatoms. The van der Waals surface area contributed by atoms with Crippen LogP contribution in [0.1, 0.15) is 34.6 Å². The van der Waals surface area contributed by atoms with Gasteiger partial charge in [0.2, 0.25) is 0 Å². The van der Waals surface area contributed by atoms with Gasteiger partial charge in [0.25, 0.3) is 0 Å². The van der Waals surface area contributed by atoms with E-state index in [4.69, 9.17) is 9.78 Å². The number of alkyl halides is 1. The van der Waals surface area contributed by atoms with E-state index in [1.54, 1.807) is 0 Å². The molecule has 0 fully saturated rings. The second kappa shape index (κ2) is 4.55. The van der Waals surface area contributed by atoms with Gasteiger partial charge in [0.1, 0.15) is 5.60 Å². The van der Waals surface area contributed by atoms with Crippen LogP contribution < -0.4 is 0 Å². The molecule has 86 valence electrons. The molecule has 0 N–H and O–H groups in total. The van der Waals surface area contributed by atoms with Crippen molar-refractivity contribution >= 4 is 22.6 Å². The van der Waals surface area contributed by atoms with Gasteiger partial charge in [0.05, 0.1) is 9.53 Å². The number of halogens is 1. The molecule has 0 aliphatic heterocycles. The normalized spacial score (nSPS) is 31.6. The van der Waals surface area contributed by atoms with Crippen LogP contribution in [0.25, 0.3) is 0 Å². The van der Waals surface area contributed by atoms with Crippen molar-refractivity contribution in [1.29, 1.82) is 0 Å². The third-order valence-electron chi connectivity index (χ3n) is 2.11. The van der Waals surface area contributed by atoms with Gasteiger partial charge in [-0.1, -0.05) is 40.3 Å². The molecule has 0 saturated heterocycles. The van der Waals surface area contributed by atoms with Crippen molar-refractivity contribution in [3.63, 3.8) is 0 Å². The molecule has 0 radical (unpaired) electrons. The molecule has 0 heterocycles. The summed E-state index contributed by atoms with van der Waals surface area (Å²) in [5.41, 5.74) is 0.628. The smallest absolute Gasteiger partial charge is 0.134 e. The molecule has 0 aromatic rings. The SMILES string of the molecule is CC1=CC(I)C(C)(OOC(C)(C)C)C=C1. The van der Waals surface area contributed by atoms with Crippen LogP contribution >= 0.6 is 22.6 Å². The molecule has 2 unspecified atom stereocenters. The molecule has 15 heavy (non-hydrogen) atoms. The molecule has 2 atom stereocenters. The summed E-state index contributed by atoms with van der Waals surface area (Å²) in [6.07, 6.45) is 6.32. The predicted molar refractivity (Wildman–Crippen MR) is 71.0 cm³/mol. The van der Waals surface area contributed by atoms with Crippen LogP contribution in [0, 0.1) is 0 Å². The first-order chi connectivity index (χ1) is 6.73. The Hall–Kier alpha value is 0.130. The number of rotatable bonds is 2. The molecule has 0 spiro atoms. The molecule has 0 amide bonds. The third-order valence-corrected chi connectivity index (χ3v) is 3.70. The second-order valence-corrected chi connectivity index (χ2v) is 6.45. The summed E-state index contributed by atoms with van der Waals surface area (Å²) in [5, 5.41) is 0. The monoisotopic (exact) mass is 322 g/mol. The van der Waals surface area contributed by atoms with Gasteiger partial charge < -0.3 is 0 Å². The van der Waals surface area contributed by atoms with Crippen LogP contribution in [-0.4, -0.2) is 15.1 Å². The highest BCUT2D eigenvalue weighted by molar-refractivity contribution is 14.1. The summed E-state index contributed by atoms with van der Waals surface area (Å²) in [6.45, 7) is 10.1. The molecule has 0 aromatic carbocycles. The maximum atomic E-state index is 5.56. The molecule has 0 bridgehead atoms. The van der Waals surface area contributed by atoms with E-state index >= 15 is 0 Å². The highest BCUT2D eigenvalue weighted by Crippen LogP contribution is 2.32. The van der Waals surface area contributed by atoms with E-state index in [2.05, 4.69) is 47.7 Å². The Morgan fingerprint density at radius 3 is 2.47 bits per heavy atom. The molecule has 1 rings (SSSR count). The second-order valence-electron chi connectivity index (χ2n) is 5.11. The molecule has 0 aromatic heterocycles. The van der Waals surface area contributed by atoms with E-state index in [1.807, 2.05) is 27.7 Å². The zero-order valence-electron chi connectivity index (χ0n) is 10.0. The first-order valence-electron chi connectivity index (χ1n) is 5.11.